The number of ether oxygens (including phenoxy) is 1. The molecule has 0 saturated carbocycles. The average Bonchev–Trinajstić information content (AvgIpc) is 3.03. The maximum atomic E-state index is 6.13. The van der Waals surface area contributed by atoms with Crippen LogP contribution in [0.1, 0.15) is 12.5 Å². The zero-order chi connectivity index (χ0) is 15.4. The summed E-state index contributed by atoms with van der Waals surface area (Å²) in [6.45, 7) is 3.47. The molecule has 0 unspecified atom stereocenters. The quantitative estimate of drug-likeness (QED) is 0.676. The molecule has 3 rings (SSSR count). The molecule has 0 fully saturated rings. The van der Waals surface area contributed by atoms with Gasteiger partial charge in [-0.3, -0.25) is 0 Å². The SMILES string of the molecule is CCn1cncc1-c1ccc(OCc2ccccc2Cl)cc1. The molecule has 1 aromatic heterocycles. The van der Waals surface area contributed by atoms with Crippen molar-refractivity contribution in [3.05, 3.63) is 71.6 Å². The Morgan fingerprint density at radius 2 is 1.86 bits per heavy atom. The van der Waals surface area contributed by atoms with Crippen molar-refractivity contribution in [2.75, 3.05) is 0 Å². The van der Waals surface area contributed by atoms with Gasteiger partial charge in [0.05, 0.1) is 18.2 Å². The highest BCUT2D eigenvalue weighted by Gasteiger charge is 2.05. The third-order valence-corrected chi connectivity index (χ3v) is 3.92. The predicted octanol–water partition coefficient (Wildman–Crippen LogP) is 4.80. The molecule has 0 N–H and O–H groups in total. The minimum absolute atomic E-state index is 0.464. The summed E-state index contributed by atoms with van der Waals surface area (Å²) in [7, 11) is 0. The lowest BCUT2D eigenvalue weighted by Crippen LogP contribution is -1.97. The maximum Gasteiger partial charge on any atom is 0.119 e. The number of imidazole rings is 1. The molecular formula is C18H17ClN2O. The molecular weight excluding hydrogens is 296 g/mol. The molecule has 0 aliphatic heterocycles. The van der Waals surface area contributed by atoms with E-state index in [0.717, 1.165) is 34.1 Å². The first-order valence-electron chi connectivity index (χ1n) is 7.24. The van der Waals surface area contributed by atoms with Crippen LogP contribution >= 0.6 is 11.6 Å². The van der Waals surface area contributed by atoms with Crippen LogP contribution in [0.15, 0.2) is 61.1 Å². The van der Waals surface area contributed by atoms with Gasteiger partial charge in [0, 0.05) is 22.7 Å². The number of rotatable bonds is 5. The molecule has 2 aromatic carbocycles. The Kier molecular flexibility index (Phi) is 4.45. The summed E-state index contributed by atoms with van der Waals surface area (Å²) in [5, 5.41) is 0.728. The van der Waals surface area contributed by atoms with Gasteiger partial charge in [0.25, 0.3) is 0 Å². The van der Waals surface area contributed by atoms with Gasteiger partial charge in [-0.2, -0.15) is 0 Å². The lowest BCUT2D eigenvalue weighted by Gasteiger charge is -2.09. The molecule has 0 amide bonds. The second-order valence-electron chi connectivity index (χ2n) is 4.97. The molecule has 4 heteroatoms. The number of nitrogens with zero attached hydrogens (tertiary/aromatic N) is 2. The van der Waals surface area contributed by atoms with Crippen LogP contribution in [0, 0.1) is 0 Å². The first kappa shape index (κ1) is 14.7. The van der Waals surface area contributed by atoms with Crippen LogP contribution < -0.4 is 4.74 Å². The van der Waals surface area contributed by atoms with Crippen molar-refractivity contribution >= 4 is 11.6 Å². The average molecular weight is 313 g/mol. The number of aromatic nitrogens is 2. The number of hydrogen-bond donors (Lipinski definition) is 0. The Morgan fingerprint density at radius 3 is 2.59 bits per heavy atom. The molecule has 3 aromatic rings. The largest absolute Gasteiger partial charge is 0.489 e. The number of benzene rings is 2. The molecule has 1 heterocycles. The van der Waals surface area contributed by atoms with Gasteiger partial charge in [-0.1, -0.05) is 29.8 Å². The fourth-order valence-corrected chi connectivity index (χ4v) is 2.50. The predicted molar refractivity (Wildman–Crippen MR) is 89.1 cm³/mol. The van der Waals surface area contributed by atoms with Gasteiger partial charge >= 0.3 is 0 Å². The van der Waals surface area contributed by atoms with Crippen molar-refractivity contribution in [1.29, 1.82) is 0 Å². The van der Waals surface area contributed by atoms with E-state index in [1.807, 2.05) is 61.1 Å². The third-order valence-electron chi connectivity index (χ3n) is 3.56. The Bertz CT molecular complexity index is 750. The van der Waals surface area contributed by atoms with Crippen LogP contribution in [0.5, 0.6) is 5.75 Å². The molecule has 0 aliphatic carbocycles. The summed E-state index contributed by atoms with van der Waals surface area (Å²) in [4.78, 5) is 4.19. The highest BCUT2D eigenvalue weighted by Crippen LogP contribution is 2.23. The van der Waals surface area contributed by atoms with Crippen molar-refractivity contribution in [2.45, 2.75) is 20.1 Å². The Labute approximate surface area is 135 Å². The monoisotopic (exact) mass is 312 g/mol. The van der Waals surface area contributed by atoms with Crippen LogP contribution in [-0.2, 0) is 13.2 Å². The third kappa shape index (κ3) is 3.15. The lowest BCUT2D eigenvalue weighted by molar-refractivity contribution is 0.306. The Morgan fingerprint density at radius 1 is 1.09 bits per heavy atom. The lowest BCUT2D eigenvalue weighted by atomic mass is 10.1. The van der Waals surface area contributed by atoms with Crippen LogP contribution in [0.3, 0.4) is 0 Å². The summed E-state index contributed by atoms with van der Waals surface area (Å²) in [5.41, 5.74) is 3.22. The van der Waals surface area contributed by atoms with Crippen LogP contribution in [0.4, 0.5) is 0 Å². The van der Waals surface area contributed by atoms with Crippen molar-refractivity contribution in [1.82, 2.24) is 9.55 Å². The van der Waals surface area contributed by atoms with Gasteiger partial charge in [-0.05, 0) is 37.3 Å². The summed E-state index contributed by atoms with van der Waals surface area (Å²) in [6.07, 6.45) is 3.72. The molecule has 3 nitrogen and oxygen atoms in total. The van der Waals surface area contributed by atoms with E-state index < -0.39 is 0 Å². The fraction of sp³-hybridized carbons (Fsp3) is 0.167. The van der Waals surface area contributed by atoms with E-state index in [0.29, 0.717) is 6.61 Å². The van der Waals surface area contributed by atoms with Crippen molar-refractivity contribution in [2.24, 2.45) is 0 Å². The van der Waals surface area contributed by atoms with Crippen molar-refractivity contribution < 1.29 is 4.74 Å². The highest BCUT2D eigenvalue weighted by atomic mass is 35.5. The van der Waals surface area contributed by atoms with Gasteiger partial charge in [-0.15, -0.1) is 0 Å². The smallest absolute Gasteiger partial charge is 0.119 e. The van der Waals surface area contributed by atoms with Gasteiger partial charge in [0.1, 0.15) is 12.4 Å². The van der Waals surface area contributed by atoms with Crippen LogP contribution in [0.2, 0.25) is 5.02 Å². The summed E-state index contributed by atoms with van der Waals surface area (Å²) in [5.74, 6) is 0.825. The summed E-state index contributed by atoms with van der Waals surface area (Å²) < 4.78 is 7.91. The second kappa shape index (κ2) is 6.67. The molecule has 0 radical (unpaired) electrons. The van der Waals surface area contributed by atoms with Gasteiger partial charge in [0.2, 0.25) is 0 Å². The van der Waals surface area contributed by atoms with E-state index in [9.17, 15) is 0 Å². The van der Waals surface area contributed by atoms with Crippen molar-refractivity contribution in [3.63, 3.8) is 0 Å². The van der Waals surface area contributed by atoms with E-state index in [1.54, 1.807) is 0 Å². The minimum atomic E-state index is 0.464. The first-order valence-corrected chi connectivity index (χ1v) is 7.62. The van der Waals surface area contributed by atoms with Crippen molar-refractivity contribution in [3.8, 4) is 17.0 Å². The minimum Gasteiger partial charge on any atom is -0.489 e. The molecule has 0 spiro atoms. The zero-order valence-electron chi connectivity index (χ0n) is 12.4. The summed E-state index contributed by atoms with van der Waals surface area (Å²) >= 11 is 6.13. The molecule has 0 bridgehead atoms. The summed E-state index contributed by atoms with van der Waals surface area (Å²) in [6, 6.07) is 15.7. The van der Waals surface area contributed by atoms with Gasteiger partial charge < -0.3 is 9.30 Å². The van der Waals surface area contributed by atoms with E-state index >= 15 is 0 Å². The maximum absolute atomic E-state index is 6.13. The zero-order valence-corrected chi connectivity index (χ0v) is 13.1. The number of aryl methyl sites for hydroxylation is 1. The van der Waals surface area contributed by atoms with Gasteiger partial charge in [0.15, 0.2) is 0 Å². The molecule has 22 heavy (non-hydrogen) atoms. The Balaban J connectivity index is 1.71. The first-order chi connectivity index (χ1) is 10.8. The van der Waals surface area contributed by atoms with E-state index in [1.165, 1.54) is 0 Å². The van der Waals surface area contributed by atoms with Crippen LogP contribution in [0.25, 0.3) is 11.3 Å². The van der Waals surface area contributed by atoms with Gasteiger partial charge in [-0.25, -0.2) is 4.98 Å². The molecule has 0 saturated heterocycles. The number of halogens is 1. The Hall–Kier alpha value is -2.26. The number of hydrogen-bond acceptors (Lipinski definition) is 2. The fourth-order valence-electron chi connectivity index (χ4n) is 2.31. The van der Waals surface area contributed by atoms with E-state index in [-0.39, 0.29) is 0 Å². The van der Waals surface area contributed by atoms with Crippen LogP contribution in [-0.4, -0.2) is 9.55 Å². The van der Waals surface area contributed by atoms with E-state index in [2.05, 4.69) is 16.5 Å². The second-order valence-corrected chi connectivity index (χ2v) is 5.38. The topological polar surface area (TPSA) is 27.1 Å². The normalized spacial score (nSPS) is 10.6. The highest BCUT2D eigenvalue weighted by molar-refractivity contribution is 6.31. The van der Waals surface area contributed by atoms with E-state index in [4.69, 9.17) is 16.3 Å². The standard InChI is InChI=1S/C18H17ClN2O/c1-2-21-13-20-11-18(21)14-7-9-16(10-8-14)22-12-15-5-3-4-6-17(15)19/h3-11,13H,2,12H2,1H3. The molecule has 0 atom stereocenters. The molecule has 0 aliphatic rings. The molecule has 112 valence electrons.